The zero-order valence-corrected chi connectivity index (χ0v) is 14.4. The maximum absolute atomic E-state index is 12.8. The summed E-state index contributed by atoms with van der Waals surface area (Å²) in [5, 5.41) is 4.62. The molecule has 0 saturated heterocycles. The summed E-state index contributed by atoms with van der Waals surface area (Å²) in [5.41, 5.74) is 2.70. The molecule has 6 nitrogen and oxygen atoms in total. The maximum atomic E-state index is 12.8. The van der Waals surface area contributed by atoms with Crippen molar-refractivity contribution in [2.75, 3.05) is 6.61 Å². The maximum Gasteiger partial charge on any atom is 0.263 e. The number of benzene rings is 2. The predicted octanol–water partition coefficient (Wildman–Crippen LogP) is 3.95. The quantitative estimate of drug-likeness (QED) is 0.604. The van der Waals surface area contributed by atoms with Gasteiger partial charge in [-0.1, -0.05) is 28.9 Å². The molecule has 0 aliphatic rings. The summed E-state index contributed by atoms with van der Waals surface area (Å²) >= 11 is 0. The highest BCUT2D eigenvalue weighted by Gasteiger charge is 2.17. The smallest absolute Gasteiger partial charge is 0.263 e. The van der Waals surface area contributed by atoms with Gasteiger partial charge in [-0.25, -0.2) is 0 Å². The lowest BCUT2D eigenvalue weighted by molar-refractivity contribution is 0.341. The fourth-order valence-electron chi connectivity index (χ4n) is 2.87. The molecule has 0 aliphatic heterocycles. The van der Waals surface area contributed by atoms with Gasteiger partial charge >= 0.3 is 0 Å². The van der Waals surface area contributed by atoms with Gasteiger partial charge < -0.3 is 14.2 Å². The van der Waals surface area contributed by atoms with Gasteiger partial charge in [0.1, 0.15) is 11.3 Å². The van der Waals surface area contributed by atoms with Gasteiger partial charge in [0, 0.05) is 17.1 Å². The molecule has 0 aliphatic carbocycles. The van der Waals surface area contributed by atoms with Gasteiger partial charge in [0.15, 0.2) is 0 Å². The average Bonchev–Trinajstić information content (AvgIpc) is 3.13. The van der Waals surface area contributed by atoms with Crippen molar-refractivity contribution in [1.82, 2.24) is 15.1 Å². The van der Waals surface area contributed by atoms with Crippen LogP contribution in [-0.4, -0.2) is 21.7 Å². The van der Waals surface area contributed by atoms with Crippen molar-refractivity contribution in [2.24, 2.45) is 0 Å². The molecule has 0 fully saturated rings. The monoisotopic (exact) mass is 347 g/mol. The molecule has 0 unspecified atom stereocenters. The number of H-pyrrole nitrogens is 1. The summed E-state index contributed by atoms with van der Waals surface area (Å²) in [4.78, 5) is 20.3. The SMILES string of the molecule is CCOc1ccccc1-c1noc(-c2c[nH]c3ccc(C)cc3c2=O)n1. The topological polar surface area (TPSA) is 81.0 Å². The number of aromatic nitrogens is 3. The molecule has 130 valence electrons. The van der Waals surface area contributed by atoms with Gasteiger partial charge in [-0.05, 0) is 38.1 Å². The molecule has 1 N–H and O–H groups in total. The van der Waals surface area contributed by atoms with E-state index in [4.69, 9.17) is 9.26 Å². The van der Waals surface area contributed by atoms with Gasteiger partial charge in [-0.2, -0.15) is 4.98 Å². The first kappa shape index (κ1) is 16.1. The molecule has 2 aromatic carbocycles. The highest BCUT2D eigenvalue weighted by molar-refractivity contribution is 5.82. The van der Waals surface area contributed by atoms with E-state index in [0.29, 0.717) is 29.1 Å². The summed E-state index contributed by atoms with van der Waals surface area (Å²) in [6, 6.07) is 13.1. The minimum absolute atomic E-state index is 0.143. The van der Waals surface area contributed by atoms with Crippen molar-refractivity contribution in [2.45, 2.75) is 13.8 Å². The van der Waals surface area contributed by atoms with Crippen LogP contribution in [-0.2, 0) is 0 Å². The van der Waals surface area contributed by atoms with E-state index in [1.165, 1.54) is 0 Å². The van der Waals surface area contributed by atoms with Crippen molar-refractivity contribution >= 4 is 10.9 Å². The lowest BCUT2D eigenvalue weighted by Gasteiger charge is -2.06. The molecule has 0 saturated carbocycles. The molecule has 0 bridgehead atoms. The van der Waals surface area contributed by atoms with Crippen LogP contribution < -0.4 is 10.2 Å². The number of hydrogen-bond donors (Lipinski definition) is 1. The number of nitrogens with zero attached hydrogens (tertiary/aromatic N) is 2. The van der Waals surface area contributed by atoms with Crippen LogP contribution in [0, 0.1) is 6.92 Å². The zero-order chi connectivity index (χ0) is 18.1. The van der Waals surface area contributed by atoms with Gasteiger partial charge in [0.25, 0.3) is 5.89 Å². The molecular formula is C20H17N3O3. The average molecular weight is 347 g/mol. The van der Waals surface area contributed by atoms with E-state index in [-0.39, 0.29) is 11.3 Å². The summed E-state index contributed by atoms with van der Waals surface area (Å²) in [6.45, 7) is 4.39. The number of para-hydroxylation sites is 1. The van der Waals surface area contributed by atoms with E-state index in [9.17, 15) is 4.79 Å². The van der Waals surface area contributed by atoms with Crippen LogP contribution in [0.5, 0.6) is 5.75 Å². The van der Waals surface area contributed by atoms with E-state index >= 15 is 0 Å². The second-order valence-corrected chi connectivity index (χ2v) is 5.93. The summed E-state index contributed by atoms with van der Waals surface area (Å²) in [5.74, 6) is 1.23. The second-order valence-electron chi connectivity index (χ2n) is 5.93. The minimum Gasteiger partial charge on any atom is -0.493 e. The van der Waals surface area contributed by atoms with Crippen LogP contribution in [0.3, 0.4) is 0 Å². The van der Waals surface area contributed by atoms with Crippen LogP contribution >= 0.6 is 0 Å². The van der Waals surface area contributed by atoms with Crippen molar-refractivity contribution in [3.8, 4) is 28.6 Å². The highest BCUT2D eigenvalue weighted by Crippen LogP contribution is 2.29. The third-order valence-electron chi connectivity index (χ3n) is 4.12. The molecule has 2 aromatic heterocycles. The second kappa shape index (κ2) is 6.48. The summed E-state index contributed by atoms with van der Waals surface area (Å²) in [6.07, 6.45) is 1.60. The van der Waals surface area contributed by atoms with Gasteiger partial charge in [0.05, 0.1) is 12.2 Å². The third-order valence-corrected chi connectivity index (χ3v) is 4.12. The van der Waals surface area contributed by atoms with Crippen molar-refractivity contribution in [3.05, 3.63) is 64.4 Å². The van der Waals surface area contributed by atoms with Crippen molar-refractivity contribution < 1.29 is 9.26 Å². The Hall–Kier alpha value is -3.41. The fraction of sp³-hybridized carbons (Fsp3) is 0.150. The Kier molecular flexibility index (Phi) is 4.01. The summed E-state index contributed by atoms with van der Waals surface area (Å²) < 4.78 is 11.0. The number of ether oxygens (including phenoxy) is 1. The molecule has 6 heteroatoms. The van der Waals surface area contributed by atoms with E-state index in [1.54, 1.807) is 6.20 Å². The molecular weight excluding hydrogens is 330 g/mol. The number of aromatic amines is 1. The highest BCUT2D eigenvalue weighted by atomic mass is 16.5. The van der Waals surface area contributed by atoms with Gasteiger partial charge in [-0.3, -0.25) is 4.79 Å². The Balaban J connectivity index is 1.81. The Bertz CT molecular complexity index is 1140. The molecule has 0 spiro atoms. The molecule has 4 rings (SSSR count). The fourth-order valence-corrected chi connectivity index (χ4v) is 2.87. The van der Waals surface area contributed by atoms with Crippen molar-refractivity contribution in [3.63, 3.8) is 0 Å². The minimum atomic E-state index is -0.143. The largest absolute Gasteiger partial charge is 0.493 e. The molecule has 0 amide bonds. The standard InChI is InChI=1S/C20H17N3O3/c1-3-25-17-7-5-4-6-13(17)19-22-20(26-23-19)15-11-21-16-9-8-12(2)10-14(16)18(15)24/h4-11H,3H2,1-2H3,(H,21,24). The van der Waals surface area contributed by atoms with E-state index in [0.717, 1.165) is 16.6 Å². The Labute approximate surface area is 149 Å². The van der Waals surface area contributed by atoms with E-state index in [1.807, 2.05) is 56.3 Å². The third kappa shape index (κ3) is 2.75. The first-order chi connectivity index (χ1) is 12.7. The number of hydrogen-bond acceptors (Lipinski definition) is 5. The number of rotatable bonds is 4. The first-order valence-corrected chi connectivity index (χ1v) is 8.35. The molecule has 4 aromatic rings. The van der Waals surface area contributed by atoms with Crippen LogP contribution in [0.4, 0.5) is 0 Å². The lowest BCUT2D eigenvalue weighted by Crippen LogP contribution is -2.06. The molecule has 2 heterocycles. The number of aryl methyl sites for hydroxylation is 1. The predicted molar refractivity (Wildman–Crippen MR) is 99.2 cm³/mol. The van der Waals surface area contributed by atoms with Crippen LogP contribution in [0.15, 0.2) is 58.0 Å². The zero-order valence-electron chi connectivity index (χ0n) is 14.4. The van der Waals surface area contributed by atoms with Crippen molar-refractivity contribution in [1.29, 1.82) is 0 Å². The Morgan fingerprint density at radius 3 is 2.85 bits per heavy atom. The Morgan fingerprint density at radius 2 is 2.00 bits per heavy atom. The Morgan fingerprint density at radius 1 is 1.15 bits per heavy atom. The number of pyridine rings is 1. The molecule has 0 radical (unpaired) electrons. The molecule has 0 atom stereocenters. The lowest BCUT2D eigenvalue weighted by atomic mass is 10.1. The van der Waals surface area contributed by atoms with Crippen LogP contribution in [0.1, 0.15) is 12.5 Å². The van der Waals surface area contributed by atoms with E-state index in [2.05, 4.69) is 15.1 Å². The first-order valence-electron chi connectivity index (χ1n) is 8.35. The van der Waals surface area contributed by atoms with Gasteiger partial charge in [-0.15, -0.1) is 0 Å². The number of fused-ring (bicyclic) bond motifs is 1. The van der Waals surface area contributed by atoms with Crippen LogP contribution in [0.2, 0.25) is 0 Å². The van der Waals surface area contributed by atoms with Gasteiger partial charge in [0.2, 0.25) is 11.3 Å². The van der Waals surface area contributed by atoms with Crippen LogP contribution in [0.25, 0.3) is 33.7 Å². The summed E-state index contributed by atoms with van der Waals surface area (Å²) in [7, 11) is 0. The normalized spacial score (nSPS) is 11.0. The number of nitrogens with one attached hydrogen (secondary N) is 1. The molecule has 26 heavy (non-hydrogen) atoms. The van der Waals surface area contributed by atoms with E-state index < -0.39 is 0 Å².